The Morgan fingerprint density at radius 2 is 1.78 bits per heavy atom. The van der Waals surface area contributed by atoms with Crippen LogP contribution in [0.15, 0.2) is 24.3 Å². The number of carbonyl (C=O) groups is 3. The first kappa shape index (κ1) is 19.2. The van der Waals surface area contributed by atoms with Gasteiger partial charge in [0.05, 0.1) is 12.5 Å². The summed E-state index contributed by atoms with van der Waals surface area (Å²) in [4.78, 5) is 42.1. The molecule has 1 atom stereocenters. The van der Waals surface area contributed by atoms with Crippen molar-refractivity contribution in [3.8, 4) is 0 Å². The van der Waals surface area contributed by atoms with Crippen LogP contribution < -0.4 is 0 Å². The number of ether oxygens (including phenoxy) is 1. The molecule has 0 aliphatic carbocycles. The zero-order valence-corrected chi connectivity index (χ0v) is 16.0. The zero-order valence-electron chi connectivity index (χ0n) is 16.0. The van der Waals surface area contributed by atoms with Crippen molar-refractivity contribution in [1.82, 2.24) is 14.7 Å². The number of amides is 3. The average Bonchev–Trinajstić information content (AvgIpc) is 3.04. The highest BCUT2D eigenvalue weighted by molar-refractivity contribution is 5.89. The van der Waals surface area contributed by atoms with Crippen molar-refractivity contribution < 1.29 is 19.1 Å². The van der Waals surface area contributed by atoms with Crippen molar-refractivity contribution in [2.45, 2.75) is 26.8 Å². The van der Waals surface area contributed by atoms with E-state index in [0.29, 0.717) is 45.9 Å². The minimum atomic E-state index is -0.329. The summed E-state index contributed by atoms with van der Waals surface area (Å²) in [6.07, 6.45) is -0.0620. The van der Waals surface area contributed by atoms with Gasteiger partial charge in [-0.15, -0.1) is 0 Å². The van der Waals surface area contributed by atoms with Crippen LogP contribution in [0.25, 0.3) is 0 Å². The molecule has 0 radical (unpaired) electrons. The molecule has 2 aliphatic heterocycles. The molecule has 0 bridgehead atoms. The lowest BCUT2D eigenvalue weighted by molar-refractivity contribution is -0.137. The van der Waals surface area contributed by atoms with E-state index in [4.69, 9.17) is 4.74 Å². The second kappa shape index (κ2) is 8.41. The molecule has 2 aliphatic rings. The smallest absolute Gasteiger partial charge is 0.409 e. The van der Waals surface area contributed by atoms with Crippen LogP contribution in [0.2, 0.25) is 0 Å². The van der Waals surface area contributed by atoms with Gasteiger partial charge in [-0.25, -0.2) is 4.79 Å². The van der Waals surface area contributed by atoms with Gasteiger partial charge in [-0.1, -0.05) is 24.3 Å². The Morgan fingerprint density at radius 1 is 1.11 bits per heavy atom. The fraction of sp³-hybridized carbons (Fsp3) is 0.550. The van der Waals surface area contributed by atoms with Gasteiger partial charge in [0.2, 0.25) is 11.8 Å². The van der Waals surface area contributed by atoms with E-state index in [2.05, 4.69) is 0 Å². The van der Waals surface area contributed by atoms with Gasteiger partial charge in [-0.3, -0.25) is 9.59 Å². The molecular formula is C20H27N3O4. The number of piperazine rings is 1. The van der Waals surface area contributed by atoms with Crippen LogP contribution in [-0.4, -0.2) is 71.9 Å². The number of nitrogens with zero attached hydrogens (tertiary/aromatic N) is 3. The van der Waals surface area contributed by atoms with Crippen LogP contribution in [0.1, 0.15) is 24.5 Å². The molecule has 3 amide bonds. The lowest BCUT2D eigenvalue weighted by atomic mass is 10.1. The van der Waals surface area contributed by atoms with Crippen molar-refractivity contribution in [3.05, 3.63) is 35.4 Å². The molecule has 0 spiro atoms. The fourth-order valence-electron chi connectivity index (χ4n) is 3.67. The third-order valence-electron chi connectivity index (χ3n) is 5.30. The first-order chi connectivity index (χ1) is 13.0. The van der Waals surface area contributed by atoms with Crippen molar-refractivity contribution in [2.24, 2.45) is 5.92 Å². The fourth-order valence-corrected chi connectivity index (χ4v) is 3.67. The highest BCUT2D eigenvalue weighted by Gasteiger charge is 2.37. The van der Waals surface area contributed by atoms with Gasteiger partial charge >= 0.3 is 6.09 Å². The van der Waals surface area contributed by atoms with Crippen LogP contribution in [-0.2, 0) is 20.9 Å². The van der Waals surface area contributed by atoms with E-state index in [-0.39, 0.29) is 30.2 Å². The quantitative estimate of drug-likeness (QED) is 0.805. The largest absolute Gasteiger partial charge is 0.450 e. The number of benzene rings is 1. The maximum Gasteiger partial charge on any atom is 0.409 e. The molecular weight excluding hydrogens is 346 g/mol. The highest BCUT2D eigenvalue weighted by Crippen LogP contribution is 2.23. The summed E-state index contributed by atoms with van der Waals surface area (Å²) in [5.41, 5.74) is 2.26. The minimum absolute atomic E-state index is 0.0131. The third-order valence-corrected chi connectivity index (χ3v) is 5.30. The van der Waals surface area contributed by atoms with Gasteiger partial charge in [-0.2, -0.15) is 0 Å². The van der Waals surface area contributed by atoms with E-state index >= 15 is 0 Å². The molecule has 7 nitrogen and oxygen atoms in total. The lowest BCUT2D eigenvalue weighted by Gasteiger charge is -2.35. The maximum absolute atomic E-state index is 12.8. The Hall–Kier alpha value is -2.57. The summed E-state index contributed by atoms with van der Waals surface area (Å²) in [7, 11) is 0. The van der Waals surface area contributed by atoms with Gasteiger partial charge in [0.15, 0.2) is 0 Å². The van der Waals surface area contributed by atoms with Gasteiger partial charge in [0.25, 0.3) is 0 Å². The number of rotatable bonds is 4. The first-order valence-electron chi connectivity index (χ1n) is 9.52. The van der Waals surface area contributed by atoms with Gasteiger partial charge < -0.3 is 19.4 Å². The summed E-state index contributed by atoms with van der Waals surface area (Å²) in [5, 5.41) is 0. The van der Waals surface area contributed by atoms with Crippen LogP contribution in [0, 0.1) is 12.8 Å². The summed E-state index contributed by atoms with van der Waals surface area (Å²) in [6.45, 7) is 7.07. The topological polar surface area (TPSA) is 70.2 Å². The van der Waals surface area contributed by atoms with Crippen molar-refractivity contribution in [3.63, 3.8) is 0 Å². The molecule has 1 aromatic rings. The normalized spacial score (nSPS) is 20.1. The van der Waals surface area contributed by atoms with Gasteiger partial charge in [0.1, 0.15) is 0 Å². The van der Waals surface area contributed by atoms with Crippen LogP contribution in [0.4, 0.5) is 4.79 Å². The van der Waals surface area contributed by atoms with Crippen molar-refractivity contribution >= 4 is 17.9 Å². The zero-order chi connectivity index (χ0) is 19.4. The van der Waals surface area contributed by atoms with Crippen molar-refractivity contribution in [1.29, 1.82) is 0 Å². The maximum atomic E-state index is 12.8. The Balaban J connectivity index is 1.54. The van der Waals surface area contributed by atoms with Gasteiger partial charge in [0, 0.05) is 45.7 Å². The number of hydrogen-bond acceptors (Lipinski definition) is 4. The van der Waals surface area contributed by atoms with E-state index in [1.165, 1.54) is 0 Å². The summed E-state index contributed by atoms with van der Waals surface area (Å²) in [6, 6.07) is 8.00. The molecule has 2 fully saturated rings. The van der Waals surface area contributed by atoms with Gasteiger partial charge in [-0.05, 0) is 25.0 Å². The molecule has 3 rings (SSSR count). The number of hydrogen-bond donors (Lipinski definition) is 0. The summed E-state index contributed by atoms with van der Waals surface area (Å²) >= 11 is 0. The molecule has 1 aromatic carbocycles. The van der Waals surface area contributed by atoms with Crippen LogP contribution in [0.5, 0.6) is 0 Å². The molecule has 2 saturated heterocycles. The van der Waals surface area contributed by atoms with Crippen LogP contribution in [0.3, 0.4) is 0 Å². The van der Waals surface area contributed by atoms with E-state index in [1.807, 2.05) is 31.2 Å². The molecule has 27 heavy (non-hydrogen) atoms. The Bertz CT molecular complexity index is 713. The summed E-state index contributed by atoms with van der Waals surface area (Å²) < 4.78 is 5.00. The second-order valence-electron chi connectivity index (χ2n) is 7.11. The average molecular weight is 373 g/mol. The monoisotopic (exact) mass is 373 g/mol. The SMILES string of the molecule is CCOC(=O)N1CCN(C(=O)C2CC(=O)N(Cc3ccccc3C)C2)CC1. The Morgan fingerprint density at radius 3 is 2.44 bits per heavy atom. The van der Waals surface area contributed by atoms with E-state index in [9.17, 15) is 14.4 Å². The molecule has 1 unspecified atom stereocenters. The van der Waals surface area contributed by atoms with E-state index < -0.39 is 0 Å². The second-order valence-corrected chi connectivity index (χ2v) is 7.11. The molecule has 0 aromatic heterocycles. The molecule has 146 valence electrons. The van der Waals surface area contributed by atoms with Crippen molar-refractivity contribution in [2.75, 3.05) is 39.3 Å². The van der Waals surface area contributed by atoms with E-state index in [0.717, 1.165) is 11.1 Å². The summed E-state index contributed by atoms with van der Waals surface area (Å²) in [5.74, 6) is -0.253. The molecule has 0 N–H and O–H groups in total. The number of likely N-dealkylation sites (tertiary alicyclic amines) is 1. The predicted molar refractivity (Wildman–Crippen MR) is 99.9 cm³/mol. The molecule has 7 heteroatoms. The molecule has 0 saturated carbocycles. The lowest BCUT2D eigenvalue weighted by Crippen LogP contribution is -2.52. The van der Waals surface area contributed by atoms with E-state index in [1.54, 1.807) is 21.6 Å². The molecule has 2 heterocycles. The Kier molecular flexibility index (Phi) is 5.98. The minimum Gasteiger partial charge on any atom is -0.450 e. The number of aryl methyl sites for hydroxylation is 1. The predicted octanol–water partition coefficient (Wildman–Crippen LogP) is 1.64. The van der Waals surface area contributed by atoms with Crippen LogP contribution >= 0.6 is 0 Å². The standard InChI is InChI=1S/C20H27N3O4/c1-3-27-20(26)22-10-8-21(9-11-22)19(25)17-12-18(24)23(14-17)13-16-7-5-4-6-15(16)2/h4-7,17H,3,8-14H2,1-2H3. The number of carbonyl (C=O) groups excluding carboxylic acids is 3. The Labute approximate surface area is 159 Å². The first-order valence-corrected chi connectivity index (χ1v) is 9.52. The highest BCUT2D eigenvalue weighted by atomic mass is 16.6. The third kappa shape index (κ3) is 4.40.